The van der Waals surface area contributed by atoms with Crippen LogP contribution in [-0.4, -0.2) is 9.78 Å². The average molecular weight is 289 g/mol. The van der Waals surface area contributed by atoms with E-state index >= 15 is 0 Å². The van der Waals surface area contributed by atoms with Crippen LogP contribution in [0.15, 0.2) is 30.3 Å². The molecule has 0 fully saturated rings. The summed E-state index contributed by atoms with van der Waals surface area (Å²) in [6, 6.07) is 10.8. The van der Waals surface area contributed by atoms with Gasteiger partial charge in [-0.3, -0.25) is 4.68 Å². The van der Waals surface area contributed by atoms with Gasteiger partial charge >= 0.3 is 0 Å². The second-order valence-electron chi connectivity index (χ2n) is 5.70. The number of fused-ring (bicyclic) bond motifs is 1. The van der Waals surface area contributed by atoms with Crippen molar-refractivity contribution in [3.8, 4) is 0 Å². The lowest BCUT2D eigenvalue weighted by Gasteiger charge is -2.29. The van der Waals surface area contributed by atoms with Crippen LogP contribution < -0.4 is 0 Å². The molecule has 0 saturated carbocycles. The van der Waals surface area contributed by atoms with E-state index in [1.54, 1.807) is 0 Å². The third kappa shape index (κ3) is 2.49. The molecule has 1 aliphatic rings. The number of hydrogen-bond acceptors (Lipinski definition) is 1. The summed E-state index contributed by atoms with van der Waals surface area (Å²) in [4.78, 5) is 0. The van der Waals surface area contributed by atoms with E-state index in [0.717, 1.165) is 25.1 Å². The maximum absolute atomic E-state index is 6.74. The van der Waals surface area contributed by atoms with Gasteiger partial charge in [-0.25, -0.2) is 0 Å². The van der Waals surface area contributed by atoms with E-state index in [9.17, 15) is 0 Å². The van der Waals surface area contributed by atoms with E-state index in [1.165, 1.54) is 23.2 Å². The van der Waals surface area contributed by atoms with Crippen LogP contribution >= 0.6 is 11.6 Å². The minimum atomic E-state index is 0.125. The summed E-state index contributed by atoms with van der Waals surface area (Å²) >= 11 is 6.74. The number of hydrogen-bond donors (Lipinski definition) is 0. The molecular weight excluding hydrogens is 268 g/mol. The standard InChI is InChI=1S/C17H21ClN2/c1-3-20-15(10-12(2)19-20)11-14-9-8-13-6-4-5-7-16(13)17(14)18/h4-7,10,14,17H,3,8-9,11H2,1-2H3. The molecule has 0 N–H and O–H groups in total. The summed E-state index contributed by atoms with van der Waals surface area (Å²) in [5.74, 6) is 0.507. The Kier molecular flexibility index (Phi) is 3.84. The van der Waals surface area contributed by atoms with Crippen molar-refractivity contribution >= 4 is 11.6 Å². The third-order valence-electron chi connectivity index (χ3n) is 4.31. The highest BCUT2D eigenvalue weighted by atomic mass is 35.5. The number of benzene rings is 1. The van der Waals surface area contributed by atoms with Gasteiger partial charge in [-0.05, 0) is 56.2 Å². The van der Waals surface area contributed by atoms with Crippen LogP contribution in [0.3, 0.4) is 0 Å². The minimum absolute atomic E-state index is 0.125. The van der Waals surface area contributed by atoms with Gasteiger partial charge in [-0.15, -0.1) is 11.6 Å². The van der Waals surface area contributed by atoms with Crippen molar-refractivity contribution in [3.63, 3.8) is 0 Å². The van der Waals surface area contributed by atoms with E-state index in [1.807, 2.05) is 0 Å². The summed E-state index contributed by atoms with van der Waals surface area (Å²) in [5, 5.41) is 4.66. The molecule has 0 bridgehead atoms. The molecular formula is C17H21ClN2. The quantitative estimate of drug-likeness (QED) is 0.770. The second kappa shape index (κ2) is 5.61. The van der Waals surface area contributed by atoms with Crippen molar-refractivity contribution in [2.75, 3.05) is 0 Å². The third-order valence-corrected chi connectivity index (χ3v) is 4.90. The van der Waals surface area contributed by atoms with Crippen LogP contribution in [-0.2, 0) is 19.4 Å². The summed E-state index contributed by atoms with van der Waals surface area (Å²) in [6.45, 7) is 5.13. The fraction of sp³-hybridized carbons (Fsp3) is 0.471. The Labute approximate surface area is 125 Å². The van der Waals surface area contributed by atoms with Crippen molar-refractivity contribution in [1.29, 1.82) is 0 Å². The summed E-state index contributed by atoms with van der Waals surface area (Å²) in [6.07, 6.45) is 3.33. The maximum atomic E-state index is 6.74. The Morgan fingerprint density at radius 3 is 2.95 bits per heavy atom. The maximum Gasteiger partial charge on any atom is 0.0619 e. The lowest BCUT2D eigenvalue weighted by molar-refractivity contribution is 0.426. The number of rotatable bonds is 3. The van der Waals surface area contributed by atoms with E-state index in [2.05, 4.69) is 54.0 Å². The van der Waals surface area contributed by atoms with Crippen molar-refractivity contribution < 1.29 is 0 Å². The molecule has 106 valence electrons. The second-order valence-corrected chi connectivity index (χ2v) is 6.17. The first-order valence-corrected chi connectivity index (χ1v) is 7.88. The Bertz CT molecular complexity index is 603. The molecule has 0 amide bonds. The molecule has 3 rings (SSSR count). The molecule has 0 spiro atoms. The normalized spacial score (nSPS) is 21.8. The number of halogens is 1. The van der Waals surface area contributed by atoms with E-state index in [0.29, 0.717) is 5.92 Å². The lowest BCUT2D eigenvalue weighted by atomic mass is 9.81. The summed E-state index contributed by atoms with van der Waals surface area (Å²) in [5.41, 5.74) is 5.16. The highest BCUT2D eigenvalue weighted by Gasteiger charge is 2.28. The van der Waals surface area contributed by atoms with Gasteiger partial charge in [-0.2, -0.15) is 5.10 Å². The topological polar surface area (TPSA) is 17.8 Å². The molecule has 1 aromatic carbocycles. The van der Waals surface area contributed by atoms with Gasteiger partial charge in [-0.1, -0.05) is 24.3 Å². The van der Waals surface area contributed by atoms with E-state index in [-0.39, 0.29) is 5.38 Å². The van der Waals surface area contributed by atoms with Crippen LogP contribution in [0.25, 0.3) is 0 Å². The van der Waals surface area contributed by atoms with Crippen molar-refractivity contribution in [2.45, 2.75) is 45.0 Å². The molecule has 3 heteroatoms. The zero-order valence-electron chi connectivity index (χ0n) is 12.1. The molecule has 20 heavy (non-hydrogen) atoms. The molecule has 0 saturated heterocycles. The van der Waals surface area contributed by atoms with Gasteiger partial charge in [0.25, 0.3) is 0 Å². The largest absolute Gasteiger partial charge is 0.270 e. The van der Waals surface area contributed by atoms with Crippen LogP contribution in [0.5, 0.6) is 0 Å². The van der Waals surface area contributed by atoms with Gasteiger partial charge in [0.05, 0.1) is 11.1 Å². The average Bonchev–Trinajstić information content (AvgIpc) is 2.82. The highest BCUT2D eigenvalue weighted by molar-refractivity contribution is 6.21. The zero-order valence-corrected chi connectivity index (χ0v) is 12.9. The minimum Gasteiger partial charge on any atom is -0.270 e. The van der Waals surface area contributed by atoms with E-state index < -0.39 is 0 Å². The zero-order chi connectivity index (χ0) is 14.1. The van der Waals surface area contributed by atoms with Crippen LogP contribution in [0, 0.1) is 12.8 Å². The summed E-state index contributed by atoms with van der Waals surface area (Å²) in [7, 11) is 0. The Morgan fingerprint density at radius 2 is 2.15 bits per heavy atom. The molecule has 2 unspecified atom stereocenters. The molecule has 2 nitrogen and oxygen atoms in total. The molecule has 0 radical (unpaired) electrons. The predicted octanol–water partition coefficient (Wildman–Crippen LogP) is 4.30. The monoisotopic (exact) mass is 288 g/mol. The molecule has 1 heterocycles. The molecule has 0 aliphatic heterocycles. The Morgan fingerprint density at radius 1 is 1.35 bits per heavy atom. The molecule has 2 aromatic rings. The molecule has 2 atom stereocenters. The van der Waals surface area contributed by atoms with Gasteiger partial charge in [0.15, 0.2) is 0 Å². The van der Waals surface area contributed by atoms with Crippen molar-refractivity contribution in [3.05, 3.63) is 52.8 Å². The van der Waals surface area contributed by atoms with Gasteiger partial charge < -0.3 is 0 Å². The van der Waals surface area contributed by atoms with Crippen LogP contribution in [0.1, 0.15) is 41.2 Å². The first-order valence-electron chi connectivity index (χ1n) is 7.44. The Balaban J connectivity index is 1.82. The van der Waals surface area contributed by atoms with Crippen LogP contribution in [0.2, 0.25) is 0 Å². The SMILES string of the molecule is CCn1nc(C)cc1CC1CCc2ccccc2C1Cl. The first kappa shape index (κ1) is 13.7. The van der Waals surface area contributed by atoms with E-state index in [4.69, 9.17) is 11.6 Å². The fourth-order valence-corrected chi connectivity index (χ4v) is 3.71. The van der Waals surface area contributed by atoms with Gasteiger partial charge in [0.2, 0.25) is 0 Å². The summed E-state index contributed by atoms with van der Waals surface area (Å²) < 4.78 is 2.11. The lowest BCUT2D eigenvalue weighted by Crippen LogP contribution is -2.20. The predicted molar refractivity (Wildman–Crippen MR) is 83.2 cm³/mol. The van der Waals surface area contributed by atoms with Crippen LogP contribution in [0.4, 0.5) is 0 Å². The first-order chi connectivity index (χ1) is 9.69. The van der Waals surface area contributed by atoms with Gasteiger partial charge in [0.1, 0.15) is 0 Å². The van der Waals surface area contributed by atoms with Gasteiger partial charge in [0, 0.05) is 12.2 Å². The molecule has 1 aromatic heterocycles. The molecule has 1 aliphatic carbocycles. The highest BCUT2D eigenvalue weighted by Crippen LogP contribution is 2.40. The van der Waals surface area contributed by atoms with Crippen molar-refractivity contribution in [1.82, 2.24) is 9.78 Å². The number of alkyl halides is 1. The van der Waals surface area contributed by atoms with Crippen molar-refractivity contribution in [2.24, 2.45) is 5.92 Å². The Hall–Kier alpha value is -1.28. The number of aromatic nitrogens is 2. The number of nitrogens with zero attached hydrogens (tertiary/aromatic N) is 2. The smallest absolute Gasteiger partial charge is 0.0619 e. The number of aryl methyl sites for hydroxylation is 3. The fourth-order valence-electron chi connectivity index (χ4n) is 3.28.